The number of carbonyl (C=O) groups is 2. The number of benzene rings is 1. The molecule has 1 aromatic rings. The fraction of sp³-hybridized carbons (Fsp3) is 0.600. The highest BCUT2D eigenvalue weighted by Gasteiger charge is 2.40. The first kappa shape index (κ1) is 20.2. The van der Waals surface area contributed by atoms with Crippen molar-refractivity contribution in [1.82, 2.24) is 0 Å². The smallest absolute Gasteiger partial charge is 0.320 e. The van der Waals surface area contributed by atoms with E-state index in [0.29, 0.717) is 0 Å². The van der Waals surface area contributed by atoms with Gasteiger partial charge in [-0.25, -0.2) is 0 Å². The van der Waals surface area contributed by atoms with Gasteiger partial charge in [-0.15, -0.1) is 0 Å². The summed E-state index contributed by atoms with van der Waals surface area (Å²) in [6.07, 6.45) is 2.75. The maximum absolute atomic E-state index is 12.5. The fourth-order valence-corrected chi connectivity index (χ4v) is 3.06. The van der Waals surface area contributed by atoms with E-state index in [-0.39, 0.29) is 25.0 Å². The Bertz CT molecular complexity index is 480. The molecule has 0 radical (unpaired) electrons. The number of hydrogen-bond donors (Lipinski definition) is 0. The molecule has 0 aromatic heterocycles. The number of carbonyl (C=O) groups excluding carboxylic acids is 2. The van der Waals surface area contributed by atoms with E-state index < -0.39 is 17.9 Å². The van der Waals surface area contributed by atoms with Crippen molar-refractivity contribution < 1.29 is 19.1 Å². The quantitative estimate of drug-likeness (QED) is 0.472. The molecule has 1 aromatic carbocycles. The molecule has 0 N–H and O–H groups in total. The molecule has 4 heteroatoms. The Morgan fingerprint density at radius 1 is 0.958 bits per heavy atom. The van der Waals surface area contributed by atoms with Gasteiger partial charge in [-0.05, 0) is 37.7 Å². The van der Waals surface area contributed by atoms with Crippen molar-refractivity contribution in [3.63, 3.8) is 0 Å². The second-order valence-corrected chi connectivity index (χ2v) is 5.99. The summed E-state index contributed by atoms with van der Waals surface area (Å²) in [5, 5.41) is 0. The highest BCUT2D eigenvalue weighted by molar-refractivity contribution is 5.95. The van der Waals surface area contributed by atoms with Crippen LogP contribution in [0.3, 0.4) is 0 Å². The first-order valence-corrected chi connectivity index (χ1v) is 8.94. The van der Waals surface area contributed by atoms with Gasteiger partial charge in [-0.1, -0.05) is 57.0 Å². The zero-order chi connectivity index (χ0) is 17.9. The van der Waals surface area contributed by atoms with Gasteiger partial charge in [0, 0.05) is 0 Å². The van der Waals surface area contributed by atoms with Gasteiger partial charge in [-0.2, -0.15) is 0 Å². The van der Waals surface area contributed by atoms with Crippen LogP contribution in [0, 0.1) is 11.8 Å². The minimum Gasteiger partial charge on any atom is -0.465 e. The van der Waals surface area contributed by atoms with Crippen LogP contribution in [0.5, 0.6) is 0 Å². The lowest BCUT2D eigenvalue weighted by molar-refractivity contribution is -0.165. The molecule has 0 spiro atoms. The van der Waals surface area contributed by atoms with E-state index in [2.05, 4.69) is 13.8 Å². The molecule has 0 heterocycles. The van der Waals surface area contributed by atoms with Crippen molar-refractivity contribution in [3.05, 3.63) is 35.9 Å². The molecule has 0 saturated heterocycles. The summed E-state index contributed by atoms with van der Waals surface area (Å²) in [6, 6.07) is 10.00. The van der Waals surface area contributed by atoms with Crippen molar-refractivity contribution >= 4 is 11.9 Å². The molecular weight excluding hydrogens is 304 g/mol. The molecular formula is C20H30O4. The lowest BCUT2D eigenvalue weighted by atomic mass is 9.76. The van der Waals surface area contributed by atoms with Crippen LogP contribution in [-0.4, -0.2) is 25.2 Å². The summed E-state index contributed by atoms with van der Waals surface area (Å²) < 4.78 is 10.4. The monoisotopic (exact) mass is 334 g/mol. The van der Waals surface area contributed by atoms with Gasteiger partial charge in [0.25, 0.3) is 0 Å². The molecule has 0 fully saturated rings. The lowest BCUT2D eigenvalue weighted by Gasteiger charge is -2.29. The Morgan fingerprint density at radius 3 is 1.96 bits per heavy atom. The molecule has 0 aliphatic heterocycles. The summed E-state index contributed by atoms with van der Waals surface area (Å²) >= 11 is 0. The van der Waals surface area contributed by atoms with Crippen LogP contribution in [0.4, 0.5) is 0 Å². The second-order valence-electron chi connectivity index (χ2n) is 5.99. The van der Waals surface area contributed by atoms with Crippen molar-refractivity contribution in [2.45, 2.75) is 52.9 Å². The van der Waals surface area contributed by atoms with E-state index in [9.17, 15) is 9.59 Å². The maximum Gasteiger partial charge on any atom is 0.320 e. The predicted molar refractivity (Wildman–Crippen MR) is 94.6 cm³/mol. The number of esters is 2. The molecule has 0 aliphatic carbocycles. The fourth-order valence-electron chi connectivity index (χ4n) is 3.06. The second kappa shape index (κ2) is 10.8. The molecule has 0 amide bonds. The van der Waals surface area contributed by atoms with E-state index in [1.807, 2.05) is 30.3 Å². The third-order valence-electron chi connectivity index (χ3n) is 4.37. The third-order valence-corrected chi connectivity index (χ3v) is 4.37. The average molecular weight is 334 g/mol. The number of unbranched alkanes of at least 4 members (excludes halogenated alkanes) is 1. The van der Waals surface area contributed by atoms with E-state index in [1.54, 1.807) is 13.8 Å². The predicted octanol–water partition coefficient (Wildman–Crippen LogP) is 4.34. The van der Waals surface area contributed by atoms with Crippen LogP contribution < -0.4 is 0 Å². The van der Waals surface area contributed by atoms with E-state index in [4.69, 9.17) is 9.47 Å². The molecule has 0 aliphatic rings. The van der Waals surface area contributed by atoms with Gasteiger partial charge in [0.1, 0.15) is 0 Å². The highest BCUT2D eigenvalue weighted by atomic mass is 16.6. The van der Waals surface area contributed by atoms with Crippen LogP contribution in [0.15, 0.2) is 30.3 Å². The Balaban J connectivity index is 3.14. The van der Waals surface area contributed by atoms with Crippen molar-refractivity contribution in [1.29, 1.82) is 0 Å². The Kier molecular flexibility index (Phi) is 9.13. The maximum atomic E-state index is 12.5. The molecule has 4 nitrogen and oxygen atoms in total. The Morgan fingerprint density at radius 2 is 1.50 bits per heavy atom. The van der Waals surface area contributed by atoms with Crippen molar-refractivity contribution in [2.75, 3.05) is 13.2 Å². The van der Waals surface area contributed by atoms with E-state index >= 15 is 0 Å². The van der Waals surface area contributed by atoms with Crippen molar-refractivity contribution in [2.24, 2.45) is 11.8 Å². The van der Waals surface area contributed by atoms with Gasteiger partial charge in [-0.3, -0.25) is 9.59 Å². The summed E-state index contributed by atoms with van der Waals surface area (Å²) in [5.41, 5.74) is 1.12. The molecule has 1 rings (SSSR count). The number of ether oxygens (including phenoxy) is 2. The topological polar surface area (TPSA) is 52.6 Å². The SMILES string of the molecule is CCCC[C@H](C(C(=O)OCC)C(=O)OCC)[C@H](C)c1ccccc1. The molecule has 2 atom stereocenters. The molecule has 0 unspecified atom stereocenters. The summed E-state index contributed by atoms with van der Waals surface area (Å²) in [4.78, 5) is 25.0. The van der Waals surface area contributed by atoms with Gasteiger partial charge < -0.3 is 9.47 Å². The largest absolute Gasteiger partial charge is 0.465 e. The Hall–Kier alpha value is -1.84. The number of hydrogen-bond acceptors (Lipinski definition) is 4. The first-order valence-electron chi connectivity index (χ1n) is 8.94. The minimum absolute atomic E-state index is 0.0663. The van der Waals surface area contributed by atoms with Gasteiger partial charge in [0.2, 0.25) is 0 Å². The van der Waals surface area contributed by atoms with Crippen LogP contribution >= 0.6 is 0 Å². The molecule has 0 bridgehead atoms. The van der Waals surface area contributed by atoms with E-state index in [0.717, 1.165) is 24.8 Å². The van der Waals surface area contributed by atoms with Gasteiger partial charge >= 0.3 is 11.9 Å². The molecule has 24 heavy (non-hydrogen) atoms. The Labute approximate surface area is 145 Å². The summed E-state index contributed by atoms with van der Waals surface area (Å²) in [6.45, 7) is 8.20. The van der Waals surface area contributed by atoms with Gasteiger partial charge in [0.05, 0.1) is 13.2 Å². The lowest BCUT2D eigenvalue weighted by Crippen LogP contribution is -2.37. The zero-order valence-corrected chi connectivity index (χ0v) is 15.3. The first-order chi connectivity index (χ1) is 11.6. The highest BCUT2D eigenvalue weighted by Crippen LogP contribution is 2.35. The van der Waals surface area contributed by atoms with Crippen molar-refractivity contribution in [3.8, 4) is 0 Å². The van der Waals surface area contributed by atoms with Crippen LogP contribution in [0.1, 0.15) is 58.4 Å². The third kappa shape index (κ3) is 5.66. The van der Waals surface area contributed by atoms with Crippen LogP contribution in [0.2, 0.25) is 0 Å². The van der Waals surface area contributed by atoms with E-state index in [1.165, 1.54) is 0 Å². The number of rotatable bonds is 10. The van der Waals surface area contributed by atoms with Crippen LogP contribution in [-0.2, 0) is 19.1 Å². The van der Waals surface area contributed by atoms with Crippen LogP contribution in [0.25, 0.3) is 0 Å². The standard InChI is InChI=1S/C20H30O4/c1-5-8-14-17(15(4)16-12-10-9-11-13-16)18(19(21)23-6-2)20(22)24-7-3/h9-13,15,17-18H,5-8,14H2,1-4H3/t15-,17+/m1/s1. The molecule has 0 saturated carbocycles. The summed E-state index contributed by atoms with van der Waals surface area (Å²) in [5.74, 6) is -1.88. The zero-order valence-electron chi connectivity index (χ0n) is 15.3. The minimum atomic E-state index is -0.869. The average Bonchev–Trinajstić information content (AvgIpc) is 2.59. The molecule has 134 valence electrons. The summed E-state index contributed by atoms with van der Waals surface area (Å²) in [7, 11) is 0. The van der Waals surface area contributed by atoms with Gasteiger partial charge in [0.15, 0.2) is 5.92 Å². The normalized spacial score (nSPS) is 13.4.